The average Bonchev–Trinajstić information content (AvgIpc) is 1.38. The fourth-order valence-corrected chi connectivity index (χ4v) is 0. The van der Waals surface area contributed by atoms with Crippen LogP contribution in [-0.2, 0) is 0 Å². The predicted octanol–water partition coefficient (Wildman–Crippen LogP) is 1.13. The summed E-state index contributed by atoms with van der Waals surface area (Å²) in [5, 5.41) is 0. The van der Waals surface area contributed by atoms with E-state index in [0.717, 1.165) is 0 Å². The maximum atomic E-state index is 10.9. The number of hydrogen-bond donors (Lipinski definition) is 0. The van der Waals surface area contributed by atoms with Crippen molar-refractivity contribution in [3.8, 4) is 0 Å². The SMILES string of the molecule is [CH2]C(F)CF. The van der Waals surface area contributed by atoms with E-state index < -0.39 is 12.8 Å². The van der Waals surface area contributed by atoms with E-state index in [1.165, 1.54) is 0 Å². The van der Waals surface area contributed by atoms with Gasteiger partial charge in [0, 0.05) is 0 Å². The molecule has 0 saturated carbocycles. The van der Waals surface area contributed by atoms with Crippen molar-refractivity contribution >= 4 is 0 Å². The maximum Gasteiger partial charge on any atom is 0.128 e. The van der Waals surface area contributed by atoms with E-state index >= 15 is 0 Å². The fraction of sp³-hybridized carbons (Fsp3) is 0.667. The Bertz CT molecular complexity index is 18.9. The summed E-state index contributed by atoms with van der Waals surface area (Å²) < 4.78 is 21.6. The van der Waals surface area contributed by atoms with Gasteiger partial charge in [-0.15, -0.1) is 0 Å². The summed E-state index contributed by atoms with van der Waals surface area (Å²) in [5.74, 6) is 0. The van der Waals surface area contributed by atoms with Crippen LogP contribution >= 0.6 is 0 Å². The molecule has 1 radical (unpaired) electrons. The summed E-state index contributed by atoms with van der Waals surface area (Å²) in [6.07, 6.45) is -1.53. The first-order chi connectivity index (χ1) is 2.27. The van der Waals surface area contributed by atoms with Gasteiger partial charge in [0.25, 0.3) is 0 Å². The van der Waals surface area contributed by atoms with E-state index in [1.54, 1.807) is 0 Å². The molecule has 0 aliphatic heterocycles. The van der Waals surface area contributed by atoms with Crippen LogP contribution < -0.4 is 0 Å². The number of rotatable bonds is 1. The Hall–Kier alpha value is -0.140. The van der Waals surface area contributed by atoms with Crippen LogP contribution in [0, 0.1) is 6.92 Å². The first-order valence-corrected chi connectivity index (χ1v) is 1.30. The molecule has 0 bridgehead atoms. The van der Waals surface area contributed by atoms with Crippen LogP contribution in [0.5, 0.6) is 0 Å². The zero-order valence-corrected chi connectivity index (χ0v) is 2.75. The van der Waals surface area contributed by atoms with Crippen molar-refractivity contribution in [1.29, 1.82) is 0 Å². The molecule has 0 spiro atoms. The normalized spacial score (nSPS) is 15.0. The lowest BCUT2D eigenvalue weighted by Crippen LogP contribution is -1.91. The van der Waals surface area contributed by atoms with E-state index in [9.17, 15) is 8.78 Å². The molecule has 0 aliphatic rings. The lowest BCUT2D eigenvalue weighted by Gasteiger charge is -1.82. The van der Waals surface area contributed by atoms with E-state index in [-0.39, 0.29) is 0 Å². The van der Waals surface area contributed by atoms with Crippen molar-refractivity contribution in [2.45, 2.75) is 6.17 Å². The first-order valence-electron chi connectivity index (χ1n) is 1.30. The largest absolute Gasteiger partial charge is 0.248 e. The van der Waals surface area contributed by atoms with Crippen molar-refractivity contribution in [3.63, 3.8) is 0 Å². The molecule has 0 saturated heterocycles. The molecule has 31 valence electrons. The topological polar surface area (TPSA) is 0 Å². The third kappa shape index (κ3) is 3.86. The van der Waals surface area contributed by atoms with Gasteiger partial charge in [0.05, 0.1) is 0 Å². The van der Waals surface area contributed by atoms with Gasteiger partial charge in [-0.25, -0.2) is 8.78 Å². The lowest BCUT2D eigenvalue weighted by atomic mass is 10.5. The Morgan fingerprint density at radius 1 is 1.80 bits per heavy atom. The van der Waals surface area contributed by atoms with Gasteiger partial charge in [0.15, 0.2) is 0 Å². The van der Waals surface area contributed by atoms with Crippen LogP contribution in [0.4, 0.5) is 8.78 Å². The van der Waals surface area contributed by atoms with Crippen LogP contribution in [0.3, 0.4) is 0 Å². The van der Waals surface area contributed by atoms with E-state index in [2.05, 4.69) is 6.92 Å². The molecule has 0 heterocycles. The minimum Gasteiger partial charge on any atom is -0.248 e. The van der Waals surface area contributed by atoms with Gasteiger partial charge in [0.1, 0.15) is 12.8 Å². The summed E-state index contributed by atoms with van der Waals surface area (Å²) in [6.45, 7) is 1.74. The molecule has 0 aromatic heterocycles. The predicted molar refractivity (Wildman–Crippen MR) is 16.2 cm³/mol. The van der Waals surface area contributed by atoms with Gasteiger partial charge in [-0.1, -0.05) is 0 Å². The summed E-state index contributed by atoms with van der Waals surface area (Å²) in [5.41, 5.74) is 0. The fourth-order valence-electron chi connectivity index (χ4n) is 0. The highest BCUT2D eigenvalue weighted by Crippen LogP contribution is 1.83. The quantitative estimate of drug-likeness (QED) is 0.442. The van der Waals surface area contributed by atoms with Crippen LogP contribution in [0.15, 0.2) is 0 Å². The lowest BCUT2D eigenvalue weighted by molar-refractivity contribution is 0.307. The molecule has 0 aromatic rings. The monoisotopic (exact) mass is 79.0 g/mol. The third-order valence-electron chi connectivity index (χ3n) is 0.167. The Morgan fingerprint density at radius 3 is 2.00 bits per heavy atom. The van der Waals surface area contributed by atoms with Gasteiger partial charge < -0.3 is 0 Å². The molecule has 1 atom stereocenters. The minimum atomic E-state index is -1.53. The zero-order chi connectivity index (χ0) is 4.28. The Balaban J connectivity index is 2.54. The molecule has 0 N–H and O–H groups in total. The molecule has 0 nitrogen and oxygen atoms in total. The highest BCUT2D eigenvalue weighted by molar-refractivity contribution is 4.51. The molecule has 0 rings (SSSR count). The second kappa shape index (κ2) is 2.12. The van der Waals surface area contributed by atoms with Gasteiger partial charge in [0.2, 0.25) is 0 Å². The second-order valence-electron chi connectivity index (χ2n) is 0.752. The minimum absolute atomic E-state index is 0.972. The molecule has 5 heavy (non-hydrogen) atoms. The Morgan fingerprint density at radius 2 is 2.00 bits per heavy atom. The second-order valence-corrected chi connectivity index (χ2v) is 0.752. The summed E-state index contributed by atoms with van der Waals surface area (Å²) in [7, 11) is 0. The van der Waals surface area contributed by atoms with E-state index in [4.69, 9.17) is 0 Å². The van der Waals surface area contributed by atoms with Gasteiger partial charge >= 0.3 is 0 Å². The molecule has 0 fully saturated rings. The standard InChI is InChI=1S/C3H5F2/c1-3(5)2-4/h3H,1-2H2. The molecule has 1 unspecified atom stereocenters. The average molecular weight is 79.1 g/mol. The smallest absolute Gasteiger partial charge is 0.128 e. The molecule has 2 heteroatoms. The highest BCUT2D eigenvalue weighted by atomic mass is 19.2. The van der Waals surface area contributed by atoms with Crippen molar-refractivity contribution in [2.75, 3.05) is 6.67 Å². The molecule has 0 amide bonds. The molecular formula is C3H5F2. The van der Waals surface area contributed by atoms with Crippen molar-refractivity contribution in [3.05, 3.63) is 6.92 Å². The van der Waals surface area contributed by atoms with E-state index in [0.29, 0.717) is 0 Å². The van der Waals surface area contributed by atoms with E-state index in [1.807, 2.05) is 0 Å². The molecule has 0 aromatic carbocycles. The Kier molecular flexibility index (Phi) is 2.06. The first kappa shape index (κ1) is 4.86. The number of hydrogen-bond acceptors (Lipinski definition) is 0. The van der Waals surface area contributed by atoms with Gasteiger partial charge in [-0.05, 0) is 6.92 Å². The van der Waals surface area contributed by atoms with Crippen molar-refractivity contribution in [1.82, 2.24) is 0 Å². The number of halogens is 2. The van der Waals surface area contributed by atoms with Gasteiger partial charge in [-0.3, -0.25) is 0 Å². The summed E-state index contributed by atoms with van der Waals surface area (Å²) in [6, 6.07) is 0. The molecule has 0 aliphatic carbocycles. The summed E-state index contributed by atoms with van der Waals surface area (Å²) in [4.78, 5) is 0. The number of alkyl halides is 2. The summed E-state index contributed by atoms with van der Waals surface area (Å²) >= 11 is 0. The van der Waals surface area contributed by atoms with Crippen molar-refractivity contribution in [2.24, 2.45) is 0 Å². The van der Waals surface area contributed by atoms with Crippen LogP contribution in [0.1, 0.15) is 0 Å². The zero-order valence-electron chi connectivity index (χ0n) is 2.75. The van der Waals surface area contributed by atoms with Crippen LogP contribution in [-0.4, -0.2) is 12.8 Å². The highest BCUT2D eigenvalue weighted by Gasteiger charge is 1.89. The van der Waals surface area contributed by atoms with Gasteiger partial charge in [-0.2, -0.15) is 0 Å². The third-order valence-corrected chi connectivity index (χ3v) is 0.167. The van der Waals surface area contributed by atoms with Crippen molar-refractivity contribution < 1.29 is 8.78 Å². The van der Waals surface area contributed by atoms with Crippen LogP contribution in [0.2, 0.25) is 0 Å². The maximum absolute atomic E-state index is 10.9. The Labute approximate surface area is 29.8 Å². The van der Waals surface area contributed by atoms with Crippen LogP contribution in [0.25, 0.3) is 0 Å². The molecular weight excluding hydrogens is 74.0 g/mol.